The third-order valence-corrected chi connectivity index (χ3v) is 4.96. The normalized spacial score (nSPS) is 11.4. The van der Waals surface area contributed by atoms with E-state index in [4.69, 9.17) is 5.73 Å². The van der Waals surface area contributed by atoms with Gasteiger partial charge in [0.15, 0.2) is 0 Å². The fraction of sp³-hybridized carbons (Fsp3) is 0.143. The Morgan fingerprint density at radius 3 is 2.62 bits per heavy atom. The fourth-order valence-corrected chi connectivity index (χ4v) is 3.62. The van der Waals surface area contributed by atoms with Crippen LogP contribution in [0, 0.1) is 12.7 Å². The molecular weight excluding hydrogens is 359 g/mol. The Labute approximate surface area is 131 Å². The molecular formula is C14H14BrFN2O2S. The van der Waals surface area contributed by atoms with Crippen LogP contribution in [-0.4, -0.2) is 8.42 Å². The molecule has 7 heteroatoms. The summed E-state index contributed by atoms with van der Waals surface area (Å²) in [6.07, 6.45) is 0. The van der Waals surface area contributed by atoms with Crippen molar-refractivity contribution in [2.24, 2.45) is 5.73 Å². The zero-order valence-corrected chi connectivity index (χ0v) is 13.6. The average molecular weight is 373 g/mol. The Balaban J connectivity index is 2.47. The van der Waals surface area contributed by atoms with Crippen LogP contribution in [0.25, 0.3) is 0 Å². The van der Waals surface area contributed by atoms with Crippen molar-refractivity contribution in [2.45, 2.75) is 18.4 Å². The van der Waals surface area contributed by atoms with Crippen molar-refractivity contribution in [1.29, 1.82) is 0 Å². The Bertz CT molecular complexity index is 779. The minimum atomic E-state index is -3.88. The standard InChI is InChI=1S/C14H14BrFN2O2S/c1-9-13(16)5-10(8-17)6-14(9)21(19,20)18-12-4-2-3-11(15)7-12/h2-7,18H,8,17H2,1H3. The Kier molecular flexibility index (Phi) is 4.65. The molecule has 0 saturated heterocycles. The monoisotopic (exact) mass is 372 g/mol. The lowest BCUT2D eigenvalue weighted by Gasteiger charge is -2.12. The highest BCUT2D eigenvalue weighted by atomic mass is 79.9. The molecule has 112 valence electrons. The van der Waals surface area contributed by atoms with Crippen LogP contribution in [0.3, 0.4) is 0 Å². The molecule has 21 heavy (non-hydrogen) atoms. The summed E-state index contributed by atoms with van der Waals surface area (Å²) in [6, 6.07) is 9.34. The molecule has 0 bridgehead atoms. The second-order valence-corrected chi connectivity index (χ2v) is 7.09. The van der Waals surface area contributed by atoms with E-state index < -0.39 is 15.8 Å². The SMILES string of the molecule is Cc1c(F)cc(CN)cc1S(=O)(=O)Nc1cccc(Br)c1. The molecule has 2 aromatic carbocycles. The first kappa shape index (κ1) is 15.9. The Morgan fingerprint density at radius 1 is 1.29 bits per heavy atom. The van der Waals surface area contributed by atoms with Gasteiger partial charge in [-0.25, -0.2) is 12.8 Å². The summed E-state index contributed by atoms with van der Waals surface area (Å²) in [5.41, 5.74) is 6.34. The maximum atomic E-state index is 13.8. The number of nitrogens with two attached hydrogens (primary N) is 1. The van der Waals surface area contributed by atoms with Crippen LogP contribution in [0.5, 0.6) is 0 Å². The molecule has 2 rings (SSSR count). The molecule has 3 N–H and O–H groups in total. The minimum Gasteiger partial charge on any atom is -0.326 e. The molecule has 0 unspecified atom stereocenters. The topological polar surface area (TPSA) is 72.2 Å². The third-order valence-electron chi connectivity index (χ3n) is 2.96. The summed E-state index contributed by atoms with van der Waals surface area (Å²) in [7, 11) is -3.88. The van der Waals surface area contributed by atoms with E-state index >= 15 is 0 Å². The molecule has 0 saturated carbocycles. The summed E-state index contributed by atoms with van der Waals surface area (Å²) in [4.78, 5) is -0.108. The van der Waals surface area contributed by atoms with E-state index in [1.54, 1.807) is 24.3 Å². The van der Waals surface area contributed by atoms with Crippen molar-refractivity contribution < 1.29 is 12.8 Å². The summed E-state index contributed by atoms with van der Waals surface area (Å²) in [5.74, 6) is -0.590. The number of anilines is 1. The van der Waals surface area contributed by atoms with Gasteiger partial charge in [-0.2, -0.15) is 0 Å². The predicted octanol–water partition coefficient (Wildman–Crippen LogP) is 3.16. The molecule has 0 aliphatic rings. The summed E-state index contributed by atoms with van der Waals surface area (Å²) >= 11 is 3.26. The van der Waals surface area contributed by atoms with E-state index in [1.165, 1.54) is 19.1 Å². The molecule has 0 atom stereocenters. The lowest BCUT2D eigenvalue weighted by atomic mass is 10.1. The predicted molar refractivity (Wildman–Crippen MR) is 84.0 cm³/mol. The lowest BCUT2D eigenvalue weighted by molar-refractivity contribution is 0.589. The number of hydrogen-bond donors (Lipinski definition) is 2. The Hall–Kier alpha value is -1.44. The first-order valence-electron chi connectivity index (χ1n) is 6.11. The van der Waals surface area contributed by atoms with Gasteiger partial charge in [-0.15, -0.1) is 0 Å². The van der Waals surface area contributed by atoms with E-state index in [0.29, 0.717) is 11.3 Å². The molecule has 0 heterocycles. The van der Waals surface area contributed by atoms with Crippen LogP contribution in [0.2, 0.25) is 0 Å². The summed E-state index contributed by atoms with van der Waals surface area (Å²) in [5, 5.41) is 0. The van der Waals surface area contributed by atoms with Gasteiger partial charge < -0.3 is 5.73 Å². The number of nitrogens with one attached hydrogen (secondary N) is 1. The summed E-state index contributed by atoms with van der Waals surface area (Å²) in [6.45, 7) is 1.49. The largest absolute Gasteiger partial charge is 0.326 e. The second-order valence-electron chi connectivity index (χ2n) is 4.52. The molecule has 0 fully saturated rings. The molecule has 0 radical (unpaired) electrons. The van der Waals surface area contributed by atoms with E-state index in [2.05, 4.69) is 20.7 Å². The average Bonchev–Trinajstić information content (AvgIpc) is 2.41. The van der Waals surface area contributed by atoms with Crippen molar-refractivity contribution in [3.05, 3.63) is 57.8 Å². The van der Waals surface area contributed by atoms with Crippen LogP contribution >= 0.6 is 15.9 Å². The zero-order valence-electron chi connectivity index (χ0n) is 11.2. The van der Waals surface area contributed by atoms with E-state index in [9.17, 15) is 12.8 Å². The smallest absolute Gasteiger partial charge is 0.262 e. The molecule has 4 nitrogen and oxygen atoms in total. The highest BCUT2D eigenvalue weighted by molar-refractivity contribution is 9.10. The van der Waals surface area contributed by atoms with Gasteiger partial charge in [0.25, 0.3) is 10.0 Å². The van der Waals surface area contributed by atoms with Gasteiger partial charge in [0.1, 0.15) is 5.82 Å². The van der Waals surface area contributed by atoms with Gasteiger partial charge in [-0.1, -0.05) is 22.0 Å². The van der Waals surface area contributed by atoms with Gasteiger partial charge in [0.05, 0.1) is 4.90 Å². The number of sulfonamides is 1. The molecule has 2 aromatic rings. The van der Waals surface area contributed by atoms with Crippen molar-refractivity contribution in [3.63, 3.8) is 0 Å². The van der Waals surface area contributed by atoms with Crippen LogP contribution in [0.15, 0.2) is 45.8 Å². The highest BCUT2D eigenvalue weighted by Crippen LogP contribution is 2.24. The summed E-state index contributed by atoms with van der Waals surface area (Å²) < 4.78 is 41.8. The van der Waals surface area contributed by atoms with Gasteiger partial charge in [-0.3, -0.25) is 4.72 Å². The number of hydrogen-bond acceptors (Lipinski definition) is 3. The maximum absolute atomic E-state index is 13.8. The van der Waals surface area contributed by atoms with Gasteiger partial charge in [-0.05, 0) is 42.8 Å². The van der Waals surface area contributed by atoms with Gasteiger partial charge in [0.2, 0.25) is 0 Å². The maximum Gasteiger partial charge on any atom is 0.262 e. The first-order valence-corrected chi connectivity index (χ1v) is 8.38. The number of halogens is 2. The molecule has 0 spiro atoms. The number of rotatable bonds is 4. The van der Waals surface area contributed by atoms with Gasteiger partial charge >= 0.3 is 0 Å². The molecule has 0 aliphatic carbocycles. The van der Waals surface area contributed by atoms with Crippen LogP contribution < -0.4 is 10.5 Å². The number of benzene rings is 2. The van der Waals surface area contributed by atoms with Crippen molar-refractivity contribution in [1.82, 2.24) is 0 Å². The van der Waals surface area contributed by atoms with E-state index in [-0.39, 0.29) is 17.0 Å². The van der Waals surface area contributed by atoms with Crippen LogP contribution in [0.4, 0.5) is 10.1 Å². The minimum absolute atomic E-state index is 0.0645. The van der Waals surface area contributed by atoms with E-state index in [1.807, 2.05) is 0 Å². The van der Waals surface area contributed by atoms with Gasteiger partial charge in [0, 0.05) is 22.3 Å². The molecule has 0 aliphatic heterocycles. The van der Waals surface area contributed by atoms with Crippen molar-refractivity contribution in [2.75, 3.05) is 4.72 Å². The van der Waals surface area contributed by atoms with Crippen molar-refractivity contribution >= 4 is 31.6 Å². The van der Waals surface area contributed by atoms with E-state index in [0.717, 1.165) is 4.47 Å². The quantitative estimate of drug-likeness (QED) is 0.865. The molecule has 0 amide bonds. The van der Waals surface area contributed by atoms with Crippen LogP contribution in [0.1, 0.15) is 11.1 Å². The fourth-order valence-electron chi connectivity index (χ4n) is 1.87. The lowest BCUT2D eigenvalue weighted by Crippen LogP contribution is -2.16. The van der Waals surface area contributed by atoms with Crippen molar-refractivity contribution in [3.8, 4) is 0 Å². The zero-order chi connectivity index (χ0) is 15.6. The van der Waals surface area contributed by atoms with Crippen LogP contribution in [-0.2, 0) is 16.6 Å². The molecule has 0 aromatic heterocycles. The highest BCUT2D eigenvalue weighted by Gasteiger charge is 2.20. The first-order chi connectivity index (χ1) is 9.83. The third kappa shape index (κ3) is 3.61. The second kappa shape index (κ2) is 6.13. The Morgan fingerprint density at radius 2 is 2.00 bits per heavy atom.